The number of imidazole rings is 1. The molecule has 0 saturated carbocycles. The van der Waals surface area contributed by atoms with E-state index < -0.39 is 42.4 Å². The molecule has 11 heteroatoms. The van der Waals surface area contributed by atoms with Crippen LogP contribution in [0.1, 0.15) is 6.23 Å². The molecule has 4 atom stereocenters. The molecule has 0 bridgehead atoms. The number of aliphatic hydroxyl groups excluding tert-OH is 3. The van der Waals surface area contributed by atoms with Crippen molar-refractivity contribution in [3.05, 3.63) is 20.8 Å². The van der Waals surface area contributed by atoms with Gasteiger partial charge in [0.2, 0.25) is 5.95 Å². The summed E-state index contributed by atoms with van der Waals surface area (Å²) < 4.78 is 6.40. The van der Waals surface area contributed by atoms with Gasteiger partial charge in [0.1, 0.15) is 18.3 Å². The third kappa shape index (κ3) is 1.94. The van der Waals surface area contributed by atoms with Gasteiger partial charge in [-0.05, 0) is 0 Å². The van der Waals surface area contributed by atoms with Gasteiger partial charge in [-0.3, -0.25) is 19.3 Å². The van der Waals surface area contributed by atoms with Gasteiger partial charge in [-0.15, -0.1) is 0 Å². The zero-order valence-electron chi connectivity index (χ0n) is 10.6. The van der Waals surface area contributed by atoms with Crippen molar-refractivity contribution in [2.45, 2.75) is 24.5 Å². The van der Waals surface area contributed by atoms with Crippen LogP contribution in [0, 0.1) is 0 Å². The fourth-order valence-electron chi connectivity index (χ4n) is 2.38. The molecule has 114 valence electrons. The van der Waals surface area contributed by atoms with E-state index in [1.54, 1.807) is 0 Å². The number of rotatable bonds is 2. The molecule has 7 N–H and O–H groups in total. The molecule has 0 amide bonds. The Balaban J connectivity index is 2.19. The van der Waals surface area contributed by atoms with Gasteiger partial charge in [0, 0.05) is 0 Å². The van der Waals surface area contributed by atoms with Crippen LogP contribution in [0.25, 0.3) is 11.2 Å². The minimum atomic E-state index is -1.41. The molecular weight excluding hydrogens is 286 g/mol. The second-order valence-electron chi connectivity index (χ2n) is 4.67. The Labute approximate surface area is 115 Å². The number of nitrogens with zero attached hydrogens (tertiary/aromatic N) is 2. The van der Waals surface area contributed by atoms with E-state index >= 15 is 0 Å². The number of anilines is 1. The third-order valence-corrected chi connectivity index (χ3v) is 3.38. The first kappa shape index (κ1) is 13.8. The Kier molecular flexibility index (Phi) is 3.06. The first-order chi connectivity index (χ1) is 9.93. The number of ether oxygens (including phenoxy) is 1. The quantitative estimate of drug-likeness (QED) is 0.332. The number of fused-ring (bicyclic) bond motifs is 1. The Morgan fingerprint density at radius 1 is 1.29 bits per heavy atom. The average Bonchev–Trinajstić information content (AvgIpc) is 2.89. The van der Waals surface area contributed by atoms with Crippen molar-refractivity contribution in [2.24, 2.45) is 0 Å². The van der Waals surface area contributed by atoms with Gasteiger partial charge in [-0.2, -0.15) is 0 Å². The summed E-state index contributed by atoms with van der Waals surface area (Å²) >= 11 is 0. The third-order valence-electron chi connectivity index (χ3n) is 3.38. The van der Waals surface area contributed by atoms with Crippen LogP contribution in [0.4, 0.5) is 5.95 Å². The van der Waals surface area contributed by atoms with Gasteiger partial charge in [0.05, 0.1) is 6.61 Å². The zero-order chi connectivity index (χ0) is 15.3. The van der Waals surface area contributed by atoms with E-state index in [4.69, 9.17) is 15.6 Å². The summed E-state index contributed by atoms with van der Waals surface area (Å²) in [5.41, 5.74) is 3.99. The first-order valence-corrected chi connectivity index (χ1v) is 6.06. The van der Waals surface area contributed by atoms with Crippen molar-refractivity contribution in [1.29, 1.82) is 0 Å². The molecule has 1 aliphatic heterocycles. The lowest BCUT2D eigenvalue weighted by Gasteiger charge is -2.17. The van der Waals surface area contributed by atoms with Gasteiger partial charge in [0.15, 0.2) is 17.4 Å². The standard InChI is InChI=1S/C10H13N5O6/c11-9-12-3-6(13-10(20)14-7(3)19)15(9)8-5(18)4(17)2(1-16)21-8/h2,4-5,8,16-18H,1H2,(H2,11,12)(H2,13,14,19,20)/t2-,4-,5-,8+/m0/s1. The minimum absolute atomic E-state index is 0.0453. The number of nitrogens with one attached hydrogen (secondary N) is 2. The van der Waals surface area contributed by atoms with E-state index in [0.29, 0.717) is 0 Å². The maximum Gasteiger partial charge on any atom is 0.327 e. The zero-order valence-corrected chi connectivity index (χ0v) is 10.6. The summed E-state index contributed by atoms with van der Waals surface area (Å²) in [4.78, 5) is 31.1. The molecule has 1 saturated heterocycles. The summed E-state index contributed by atoms with van der Waals surface area (Å²) in [5, 5.41) is 28.8. The lowest BCUT2D eigenvalue weighted by atomic mass is 10.1. The molecule has 0 aromatic carbocycles. The van der Waals surface area contributed by atoms with Gasteiger partial charge >= 0.3 is 5.69 Å². The Morgan fingerprint density at radius 2 is 2.00 bits per heavy atom. The average molecular weight is 299 g/mol. The van der Waals surface area contributed by atoms with Crippen molar-refractivity contribution >= 4 is 17.1 Å². The number of aromatic amines is 2. The predicted octanol–water partition coefficient (Wildman–Crippen LogP) is -3.39. The normalized spacial score (nSPS) is 29.3. The lowest BCUT2D eigenvalue weighted by molar-refractivity contribution is -0.0500. The topological polar surface area (TPSA) is 179 Å². The molecule has 0 aliphatic carbocycles. The summed E-state index contributed by atoms with van der Waals surface area (Å²) in [6.45, 7) is -0.516. The Hall–Kier alpha value is -2.21. The van der Waals surface area contributed by atoms with Crippen LogP contribution in [0.5, 0.6) is 0 Å². The molecule has 1 aliphatic rings. The number of H-pyrrole nitrogens is 2. The molecule has 21 heavy (non-hydrogen) atoms. The number of nitrogen functional groups attached to an aromatic ring is 1. The Morgan fingerprint density at radius 3 is 2.62 bits per heavy atom. The fraction of sp³-hybridized carbons (Fsp3) is 0.500. The summed E-state index contributed by atoms with van der Waals surface area (Å²) in [5.74, 6) is -0.188. The van der Waals surface area contributed by atoms with E-state index in [-0.39, 0.29) is 17.1 Å². The highest BCUT2D eigenvalue weighted by Gasteiger charge is 2.44. The van der Waals surface area contributed by atoms with Crippen molar-refractivity contribution in [3.8, 4) is 0 Å². The summed E-state index contributed by atoms with van der Waals surface area (Å²) in [7, 11) is 0. The van der Waals surface area contributed by atoms with E-state index in [2.05, 4.69) is 9.97 Å². The molecule has 3 rings (SSSR count). The van der Waals surface area contributed by atoms with Gasteiger partial charge in [-0.1, -0.05) is 0 Å². The van der Waals surface area contributed by atoms with Crippen LogP contribution in [0.2, 0.25) is 0 Å². The second-order valence-corrected chi connectivity index (χ2v) is 4.67. The molecule has 1 fully saturated rings. The molecule has 11 nitrogen and oxygen atoms in total. The minimum Gasteiger partial charge on any atom is -0.394 e. The number of hydrogen-bond acceptors (Lipinski definition) is 8. The van der Waals surface area contributed by atoms with Crippen molar-refractivity contribution < 1.29 is 20.1 Å². The molecule has 0 radical (unpaired) electrons. The van der Waals surface area contributed by atoms with Crippen LogP contribution in [0.15, 0.2) is 9.59 Å². The van der Waals surface area contributed by atoms with Crippen molar-refractivity contribution in [3.63, 3.8) is 0 Å². The summed E-state index contributed by atoms with van der Waals surface area (Å²) in [6, 6.07) is 0. The molecule has 3 heterocycles. The second kappa shape index (κ2) is 4.66. The van der Waals surface area contributed by atoms with E-state index in [1.807, 2.05) is 4.98 Å². The first-order valence-electron chi connectivity index (χ1n) is 6.06. The summed E-state index contributed by atoms with van der Waals surface area (Å²) in [6.07, 6.45) is -4.97. The van der Waals surface area contributed by atoms with Crippen LogP contribution in [-0.4, -0.2) is 59.8 Å². The molecule has 2 aromatic heterocycles. The van der Waals surface area contributed by atoms with E-state index in [0.717, 1.165) is 4.57 Å². The molecule has 0 spiro atoms. The number of nitrogens with two attached hydrogens (primary N) is 1. The fourth-order valence-corrected chi connectivity index (χ4v) is 2.38. The highest BCUT2D eigenvalue weighted by atomic mass is 16.6. The van der Waals surface area contributed by atoms with E-state index in [1.165, 1.54) is 0 Å². The van der Waals surface area contributed by atoms with Gasteiger partial charge in [0.25, 0.3) is 5.56 Å². The maximum absolute atomic E-state index is 11.6. The van der Waals surface area contributed by atoms with Crippen molar-refractivity contribution in [2.75, 3.05) is 12.3 Å². The van der Waals surface area contributed by atoms with Gasteiger partial charge in [-0.25, -0.2) is 9.78 Å². The largest absolute Gasteiger partial charge is 0.394 e. The maximum atomic E-state index is 11.6. The highest BCUT2D eigenvalue weighted by molar-refractivity contribution is 5.72. The highest BCUT2D eigenvalue weighted by Crippen LogP contribution is 2.32. The van der Waals surface area contributed by atoms with Gasteiger partial charge < -0.3 is 25.8 Å². The van der Waals surface area contributed by atoms with E-state index in [9.17, 15) is 19.8 Å². The molecule has 2 aromatic rings. The predicted molar refractivity (Wildman–Crippen MR) is 68.4 cm³/mol. The molecular formula is C10H13N5O6. The Bertz CT molecular complexity index is 793. The smallest absolute Gasteiger partial charge is 0.327 e. The van der Waals surface area contributed by atoms with Crippen LogP contribution < -0.4 is 17.0 Å². The monoisotopic (exact) mass is 299 g/mol. The van der Waals surface area contributed by atoms with Crippen LogP contribution in [-0.2, 0) is 4.74 Å². The number of aromatic nitrogens is 4. The SMILES string of the molecule is Nc1nc2c(=O)[nH]c(=O)[nH]c2n1[C@@H]1O[C@@H](CO)[C@H](O)[C@@H]1O. The molecule has 0 unspecified atom stereocenters. The van der Waals surface area contributed by atoms with Crippen molar-refractivity contribution in [1.82, 2.24) is 19.5 Å². The lowest BCUT2D eigenvalue weighted by Crippen LogP contribution is -2.33. The number of hydrogen-bond donors (Lipinski definition) is 6. The number of aliphatic hydroxyl groups is 3. The van der Waals surface area contributed by atoms with Crippen LogP contribution >= 0.6 is 0 Å². The van der Waals surface area contributed by atoms with Crippen LogP contribution in [0.3, 0.4) is 0 Å².